The van der Waals surface area contributed by atoms with Gasteiger partial charge in [-0.25, -0.2) is 4.68 Å². The lowest BCUT2D eigenvalue weighted by Gasteiger charge is -2.25. The number of hydrogen-bond acceptors (Lipinski definition) is 4. The SMILES string of the molecule is O=c1c(NC2CCSC2)c(Cl)cnn1CC1CCC1. The van der Waals surface area contributed by atoms with Crippen molar-refractivity contribution in [2.75, 3.05) is 16.8 Å². The molecule has 2 fully saturated rings. The molecule has 4 nitrogen and oxygen atoms in total. The minimum absolute atomic E-state index is 0.0729. The van der Waals surface area contributed by atoms with Crippen molar-refractivity contribution in [3.05, 3.63) is 21.6 Å². The fourth-order valence-electron chi connectivity index (χ4n) is 2.50. The number of nitrogens with zero attached hydrogens (tertiary/aromatic N) is 2. The van der Waals surface area contributed by atoms with E-state index in [-0.39, 0.29) is 5.56 Å². The van der Waals surface area contributed by atoms with E-state index in [1.165, 1.54) is 19.3 Å². The minimum atomic E-state index is -0.0729. The Morgan fingerprint density at radius 3 is 2.95 bits per heavy atom. The molecule has 1 saturated carbocycles. The van der Waals surface area contributed by atoms with Gasteiger partial charge in [-0.3, -0.25) is 4.79 Å². The van der Waals surface area contributed by atoms with Crippen molar-refractivity contribution in [1.29, 1.82) is 0 Å². The van der Waals surface area contributed by atoms with Crippen molar-refractivity contribution in [3.63, 3.8) is 0 Å². The second-order valence-corrected chi connectivity index (χ2v) is 6.91. The predicted octanol–water partition coefficient (Wildman–Crippen LogP) is 2.61. The first kappa shape index (κ1) is 13.3. The molecule has 104 valence electrons. The molecule has 1 atom stereocenters. The molecule has 1 N–H and O–H groups in total. The van der Waals surface area contributed by atoms with E-state index in [4.69, 9.17) is 11.6 Å². The second-order valence-electron chi connectivity index (χ2n) is 5.36. The third-order valence-corrected chi connectivity index (χ3v) is 5.38. The topological polar surface area (TPSA) is 46.9 Å². The van der Waals surface area contributed by atoms with Crippen LogP contribution < -0.4 is 10.9 Å². The van der Waals surface area contributed by atoms with Crippen molar-refractivity contribution < 1.29 is 0 Å². The van der Waals surface area contributed by atoms with Crippen molar-refractivity contribution in [2.24, 2.45) is 5.92 Å². The van der Waals surface area contributed by atoms with Crippen molar-refractivity contribution >= 4 is 29.1 Å². The van der Waals surface area contributed by atoms with Crippen LogP contribution in [0.2, 0.25) is 5.02 Å². The first-order valence-corrected chi connectivity index (χ1v) is 8.37. The summed E-state index contributed by atoms with van der Waals surface area (Å²) in [6.45, 7) is 0.726. The number of aromatic nitrogens is 2. The number of hydrogen-bond donors (Lipinski definition) is 1. The van der Waals surface area contributed by atoms with E-state index < -0.39 is 0 Å². The molecule has 1 saturated heterocycles. The first-order valence-electron chi connectivity index (χ1n) is 6.84. The maximum absolute atomic E-state index is 12.4. The maximum Gasteiger partial charge on any atom is 0.291 e. The molecular formula is C13H18ClN3OS. The van der Waals surface area contributed by atoms with E-state index >= 15 is 0 Å². The highest BCUT2D eigenvalue weighted by molar-refractivity contribution is 7.99. The van der Waals surface area contributed by atoms with E-state index in [2.05, 4.69) is 10.4 Å². The number of anilines is 1. The molecule has 0 bridgehead atoms. The highest BCUT2D eigenvalue weighted by Crippen LogP contribution is 2.28. The van der Waals surface area contributed by atoms with E-state index in [0.717, 1.165) is 24.5 Å². The lowest BCUT2D eigenvalue weighted by atomic mass is 9.85. The Labute approximate surface area is 121 Å². The van der Waals surface area contributed by atoms with Gasteiger partial charge in [-0.05, 0) is 30.9 Å². The minimum Gasteiger partial charge on any atom is -0.376 e. The Balaban J connectivity index is 1.80. The number of rotatable bonds is 4. The van der Waals surface area contributed by atoms with Crippen molar-refractivity contribution in [3.8, 4) is 0 Å². The van der Waals surface area contributed by atoms with Gasteiger partial charge in [-0.15, -0.1) is 0 Å². The second kappa shape index (κ2) is 5.75. The third kappa shape index (κ3) is 2.92. The van der Waals surface area contributed by atoms with Gasteiger partial charge in [0.15, 0.2) is 0 Å². The Hall–Kier alpha value is -0.680. The van der Waals surface area contributed by atoms with E-state index in [1.54, 1.807) is 10.9 Å². The average Bonchev–Trinajstić information content (AvgIpc) is 2.84. The zero-order valence-corrected chi connectivity index (χ0v) is 12.3. The Morgan fingerprint density at radius 1 is 1.47 bits per heavy atom. The van der Waals surface area contributed by atoms with Crippen molar-refractivity contribution in [2.45, 2.75) is 38.3 Å². The fourth-order valence-corrected chi connectivity index (χ4v) is 3.83. The Bertz CT molecular complexity index is 509. The van der Waals surface area contributed by atoms with Gasteiger partial charge in [0.25, 0.3) is 5.56 Å². The van der Waals surface area contributed by atoms with Gasteiger partial charge in [-0.1, -0.05) is 18.0 Å². The summed E-state index contributed by atoms with van der Waals surface area (Å²) in [6.07, 6.45) is 6.37. The highest BCUT2D eigenvalue weighted by atomic mass is 35.5. The van der Waals surface area contributed by atoms with Gasteiger partial charge in [0, 0.05) is 18.3 Å². The summed E-state index contributed by atoms with van der Waals surface area (Å²) in [4.78, 5) is 12.4. The molecule has 3 rings (SSSR count). The van der Waals surface area contributed by atoms with Crippen LogP contribution in [0, 0.1) is 5.92 Å². The Kier molecular flexibility index (Phi) is 4.03. The largest absolute Gasteiger partial charge is 0.376 e. The zero-order valence-electron chi connectivity index (χ0n) is 10.8. The van der Waals surface area contributed by atoms with Gasteiger partial charge in [0.05, 0.1) is 11.2 Å². The molecule has 1 aromatic heterocycles. The average molecular weight is 300 g/mol. The van der Waals surface area contributed by atoms with Crippen LogP contribution in [-0.2, 0) is 6.54 Å². The van der Waals surface area contributed by atoms with Gasteiger partial charge in [0.1, 0.15) is 5.69 Å². The summed E-state index contributed by atoms with van der Waals surface area (Å²) in [7, 11) is 0. The number of halogens is 1. The molecule has 19 heavy (non-hydrogen) atoms. The lowest BCUT2D eigenvalue weighted by molar-refractivity contribution is 0.262. The van der Waals surface area contributed by atoms with Crippen LogP contribution in [0.3, 0.4) is 0 Å². The van der Waals surface area contributed by atoms with Crippen LogP contribution in [0.1, 0.15) is 25.7 Å². The van der Waals surface area contributed by atoms with Gasteiger partial charge in [0.2, 0.25) is 0 Å². The predicted molar refractivity (Wildman–Crippen MR) is 80.2 cm³/mol. The lowest BCUT2D eigenvalue weighted by Crippen LogP contribution is -2.32. The van der Waals surface area contributed by atoms with Crippen molar-refractivity contribution in [1.82, 2.24) is 9.78 Å². The normalized spacial score (nSPS) is 23.3. The molecule has 1 aliphatic heterocycles. The van der Waals surface area contributed by atoms with Gasteiger partial charge >= 0.3 is 0 Å². The molecule has 1 unspecified atom stereocenters. The molecule has 0 amide bonds. The molecule has 2 aliphatic rings. The summed E-state index contributed by atoms with van der Waals surface area (Å²) in [5.74, 6) is 2.80. The van der Waals surface area contributed by atoms with Crippen LogP contribution in [0.25, 0.3) is 0 Å². The van der Waals surface area contributed by atoms with E-state index in [1.807, 2.05) is 11.8 Å². The maximum atomic E-state index is 12.4. The molecular weight excluding hydrogens is 282 g/mol. The molecule has 0 radical (unpaired) electrons. The standard InChI is InChI=1S/C13H18ClN3OS/c14-11-6-15-17(7-9-2-1-3-9)13(18)12(11)16-10-4-5-19-8-10/h6,9-10,16H,1-5,7-8H2. The molecule has 2 heterocycles. The first-order chi connectivity index (χ1) is 9.24. The molecule has 1 aromatic rings. The monoisotopic (exact) mass is 299 g/mol. The Morgan fingerprint density at radius 2 is 2.32 bits per heavy atom. The summed E-state index contributed by atoms with van der Waals surface area (Å²) in [5.41, 5.74) is 0.458. The third-order valence-electron chi connectivity index (χ3n) is 3.93. The zero-order chi connectivity index (χ0) is 13.2. The van der Waals surface area contributed by atoms with Crippen LogP contribution >= 0.6 is 23.4 Å². The van der Waals surface area contributed by atoms with Gasteiger partial charge < -0.3 is 5.32 Å². The summed E-state index contributed by atoms with van der Waals surface area (Å²) >= 11 is 8.03. The summed E-state index contributed by atoms with van der Waals surface area (Å²) < 4.78 is 1.57. The summed E-state index contributed by atoms with van der Waals surface area (Å²) in [6, 6.07) is 0.356. The molecule has 6 heteroatoms. The fraction of sp³-hybridized carbons (Fsp3) is 0.692. The number of thioether (sulfide) groups is 1. The number of nitrogens with one attached hydrogen (secondary N) is 1. The highest BCUT2D eigenvalue weighted by Gasteiger charge is 2.22. The van der Waals surface area contributed by atoms with Crippen LogP contribution in [0.4, 0.5) is 5.69 Å². The van der Waals surface area contributed by atoms with E-state index in [0.29, 0.717) is 22.7 Å². The molecule has 1 aliphatic carbocycles. The molecule has 0 aromatic carbocycles. The smallest absolute Gasteiger partial charge is 0.291 e. The van der Waals surface area contributed by atoms with Crippen LogP contribution in [0.5, 0.6) is 0 Å². The quantitative estimate of drug-likeness (QED) is 0.928. The van der Waals surface area contributed by atoms with E-state index in [9.17, 15) is 4.79 Å². The van der Waals surface area contributed by atoms with Gasteiger partial charge in [-0.2, -0.15) is 16.9 Å². The molecule has 0 spiro atoms. The summed E-state index contributed by atoms with van der Waals surface area (Å²) in [5, 5.41) is 7.90. The van der Waals surface area contributed by atoms with Crippen LogP contribution in [-0.4, -0.2) is 27.3 Å². The van der Waals surface area contributed by atoms with Crippen LogP contribution in [0.15, 0.2) is 11.0 Å².